The molecule has 0 saturated heterocycles. The van der Waals surface area contributed by atoms with Crippen molar-refractivity contribution in [2.45, 2.75) is 13.1 Å². The second kappa shape index (κ2) is 6.34. The maximum atomic E-state index is 10.9. The van der Waals surface area contributed by atoms with Crippen molar-refractivity contribution in [2.24, 2.45) is 7.05 Å². The Kier molecular flexibility index (Phi) is 4.53. The number of aryl methyl sites for hydroxylation is 1. The van der Waals surface area contributed by atoms with E-state index in [1.54, 1.807) is 17.9 Å². The molecule has 0 radical (unpaired) electrons. The monoisotopic (exact) mass is 273 g/mol. The van der Waals surface area contributed by atoms with E-state index >= 15 is 0 Å². The quantitative estimate of drug-likeness (QED) is 0.754. The van der Waals surface area contributed by atoms with E-state index in [-0.39, 0.29) is 0 Å². The molecule has 1 aromatic heterocycles. The van der Waals surface area contributed by atoms with Crippen LogP contribution in [0.1, 0.15) is 21.5 Å². The molecule has 0 aliphatic carbocycles. The molecule has 1 aromatic carbocycles. The predicted octanol–water partition coefficient (Wildman–Crippen LogP) is 1.87. The maximum absolute atomic E-state index is 10.9. The van der Waals surface area contributed by atoms with E-state index in [4.69, 9.17) is 4.74 Å². The Morgan fingerprint density at radius 3 is 2.80 bits per heavy atom. The molecule has 20 heavy (non-hydrogen) atoms. The molecule has 0 N–H and O–H groups in total. The van der Waals surface area contributed by atoms with Gasteiger partial charge in [0.1, 0.15) is 12.0 Å². The van der Waals surface area contributed by atoms with Crippen molar-refractivity contribution < 1.29 is 9.53 Å². The van der Waals surface area contributed by atoms with Crippen molar-refractivity contribution in [1.82, 2.24) is 14.7 Å². The second-order valence-corrected chi connectivity index (χ2v) is 4.88. The molecular formula is C15H19N3O2. The highest BCUT2D eigenvalue weighted by Gasteiger charge is 2.09. The van der Waals surface area contributed by atoms with Crippen LogP contribution in [0.4, 0.5) is 0 Å². The SMILES string of the molecule is COc1ccc(C=O)cc1CN(C)Cc1cnn(C)c1. The average Bonchev–Trinajstić information content (AvgIpc) is 2.83. The summed E-state index contributed by atoms with van der Waals surface area (Å²) in [6, 6.07) is 5.46. The molecule has 0 bridgehead atoms. The lowest BCUT2D eigenvalue weighted by Crippen LogP contribution is -2.17. The van der Waals surface area contributed by atoms with E-state index in [1.807, 2.05) is 38.6 Å². The van der Waals surface area contributed by atoms with Gasteiger partial charge in [-0.25, -0.2) is 0 Å². The summed E-state index contributed by atoms with van der Waals surface area (Å²) >= 11 is 0. The molecule has 2 aromatic rings. The van der Waals surface area contributed by atoms with E-state index in [2.05, 4.69) is 10.00 Å². The molecule has 106 valence electrons. The van der Waals surface area contributed by atoms with Crippen LogP contribution in [0.25, 0.3) is 0 Å². The standard InChI is InChI=1S/C15H19N3O2/c1-17(8-13-7-16-18(2)9-13)10-14-6-12(11-19)4-5-15(14)20-3/h4-7,9,11H,8,10H2,1-3H3. The Bertz CT molecular complexity index is 593. The molecule has 0 unspecified atom stereocenters. The summed E-state index contributed by atoms with van der Waals surface area (Å²) in [6.07, 6.45) is 4.70. The van der Waals surface area contributed by atoms with Crippen LogP contribution >= 0.6 is 0 Å². The zero-order chi connectivity index (χ0) is 14.5. The Morgan fingerprint density at radius 2 is 2.20 bits per heavy atom. The minimum absolute atomic E-state index is 0.663. The number of hydrogen-bond donors (Lipinski definition) is 0. The van der Waals surface area contributed by atoms with Crippen molar-refractivity contribution >= 4 is 6.29 Å². The van der Waals surface area contributed by atoms with Gasteiger partial charge in [-0.1, -0.05) is 0 Å². The maximum Gasteiger partial charge on any atom is 0.150 e. The average molecular weight is 273 g/mol. The third-order valence-electron chi connectivity index (χ3n) is 3.09. The number of aromatic nitrogens is 2. The molecule has 0 amide bonds. The van der Waals surface area contributed by atoms with E-state index in [0.717, 1.165) is 29.7 Å². The van der Waals surface area contributed by atoms with Gasteiger partial charge in [-0.05, 0) is 25.2 Å². The molecule has 1 heterocycles. The predicted molar refractivity (Wildman–Crippen MR) is 76.8 cm³/mol. The van der Waals surface area contributed by atoms with Gasteiger partial charge in [0.05, 0.1) is 13.3 Å². The topological polar surface area (TPSA) is 47.4 Å². The normalized spacial score (nSPS) is 10.8. The number of methoxy groups -OCH3 is 1. The van der Waals surface area contributed by atoms with Gasteiger partial charge in [0.25, 0.3) is 0 Å². The summed E-state index contributed by atoms with van der Waals surface area (Å²) in [5.41, 5.74) is 2.82. The molecule has 0 atom stereocenters. The number of hydrogen-bond acceptors (Lipinski definition) is 4. The van der Waals surface area contributed by atoms with Crippen LogP contribution in [0, 0.1) is 0 Å². The van der Waals surface area contributed by atoms with Gasteiger partial charge in [0.2, 0.25) is 0 Å². The van der Waals surface area contributed by atoms with Gasteiger partial charge in [-0.15, -0.1) is 0 Å². The molecule has 0 fully saturated rings. The third kappa shape index (κ3) is 3.45. The van der Waals surface area contributed by atoms with Crippen LogP contribution in [0.3, 0.4) is 0 Å². The van der Waals surface area contributed by atoms with Gasteiger partial charge >= 0.3 is 0 Å². The summed E-state index contributed by atoms with van der Waals surface area (Å²) in [4.78, 5) is 13.0. The van der Waals surface area contributed by atoms with Gasteiger partial charge in [-0.3, -0.25) is 14.4 Å². The Morgan fingerprint density at radius 1 is 1.40 bits per heavy atom. The number of carbonyl (C=O) groups excluding carboxylic acids is 1. The molecule has 0 aliphatic heterocycles. The Balaban J connectivity index is 2.09. The van der Waals surface area contributed by atoms with Gasteiger partial charge in [0, 0.05) is 43.0 Å². The first-order valence-corrected chi connectivity index (χ1v) is 6.40. The highest BCUT2D eigenvalue weighted by molar-refractivity contribution is 5.75. The number of ether oxygens (including phenoxy) is 1. The third-order valence-corrected chi connectivity index (χ3v) is 3.09. The highest BCUT2D eigenvalue weighted by atomic mass is 16.5. The van der Waals surface area contributed by atoms with Crippen LogP contribution in [0.2, 0.25) is 0 Å². The minimum Gasteiger partial charge on any atom is -0.496 e. The first kappa shape index (κ1) is 14.3. The molecule has 2 rings (SSSR count). The molecule has 0 aliphatic rings. The number of nitrogens with zero attached hydrogens (tertiary/aromatic N) is 3. The number of rotatable bonds is 6. The highest BCUT2D eigenvalue weighted by Crippen LogP contribution is 2.21. The second-order valence-electron chi connectivity index (χ2n) is 4.88. The zero-order valence-electron chi connectivity index (χ0n) is 12.0. The van der Waals surface area contributed by atoms with Crippen LogP contribution in [0.15, 0.2) is 30.6 Å². The lowest BCUT2D eigenvalue weighted by Gasteiger charge is -2.18. The van der Waals surface area contributed by atoms with Gasteiger partial charge in [0.15, 0.2) is 0 Å². The summed E-state index contributed by atoms with van der Waals surface area (Å²) in [5.74, 6) is 0.800. The summed E-state index contributed by atoms with van der Waals surface area (Å²) < 4.78 is 7.13. The first-order chi connectivity index (χ1) is 9.62. The molecule has 0 saturated carbocycles. The summed E-state index contributed by atoms with van der Waals surface area (Å²) in [5, 5.41) is 4.16. The van der Waals surface area contributed by atoms with Crippen molar-refractivity contribution in [3.63, 3.8) is 0 Å². The van der Waals surface area contributed by atoms with E-state index in [0.29, 0.717) is 12.1 Å². The van der Waals surface area contributed by atoms with Crippen molar-refractivity contribution in [1.29, 1.82) is 0 Å². The summed E-state index contributed by atoms with van der Waals surface area (Å²) in [7, 11) is 5.57. The first-order valence-electron chi connectivity index (χ1n) is 6.40. The van der Waals surface area contributed by atoms with E-state index in [1.165, 1.54) is 0 Å². The number of carbonyl (C=O) groups is 1. The zero-order valence-corrected chi connectivity index (χ0v) is 12.0. The minimum atomic E-state index is 0.663. The van der Waals surface area contributed by atoms with Crippen LogP contribution < -0.4 is 4.74 Å². The van der Waals surface area contributed by atoms with Crippen LogP contribution in [0.5, 0.6) is 5.75 Å². The summed E-state index contributed by atoms with van der Waals surface area (Å²) in [6.45, 7) is 1.50. The molecule has 5 nitrogen and oxygen atoms in total. The fourth-order valence-corrected chi connectivity index (χ4v) is 2.21. The molecule has 5 heteroatoms. The fraction of sp³-hybridized carbons (Fsp3) is 0.333. The van der Waals surface area contributed by atoms with Crippen LogP contribution in [-0.2, 0) is 20.1 Å². The largest absolute Gasteiger partial charge is 0.496 e. The Labute approximate surface area is 118 Å². The lowest BCUT2D eigenvalue weighted by molar-refractivity contribution is 0.112. The van der Waals surface area contributed by atoms with E-state index < -0.39 is 0 Å². The number of benzene rings is 1. The van der Waals surface area contributed by atoms with Crippen molar-refractivity contribution in [2.75, 3.05) is 14.2 Å². The van der Waals surface area contributed by atoms with Crippen LogP contribution in [-0.4, -0.2) is 35.1 Å². The van der Waals surface area contributed by atoms with Gasteiger partial charge in [-0.2, -0.15) is 5.10 Å². The smallest absolute Gasteiger partial charge is 0.150 e. The van der Waals surface area contributed by atoms with Crippen molar-refractivity contribution in [3.8, 4) is 5.75 Å². The van der Waals surface area contributed by atoms with Crippen molar-refractivity contribution in [3.05, 3.63) is 47.3 Å². The Hall–Kier alpha value is -2.14. The van der Waals surface area contributed by atoms with Gasteiger partial charge < -0.3 is 4.74 Å². The lowest BCUT2D eigenvalue weighted by atomic mass is 10.1. The fourth-order valence-electron chi connectivity index (χ4n) is 2.21. The molecule has 0 spiro atoms. The molecular weight excluding hydrogens is 254 g/mol. The number of aldehydes is 1. The van der Waals surface area contributed by atoms with E-state index in [9.17, 15) is 4.79 Å².